The Morgan fingerprint density at radius 2 is 2.18 bits per heavy atom. The molecule has 0 saturated heterocycles. The second-order valence-electron chi connectivity index (χ2n) is 5.68. The van der Waals surface area contributed by atoms with E-state index in [9.17, 15) is 0 Å². The minimum Gasteiger partial charge on any atom is -0.370 e. The highest BCUT2D eigenvalue weighted by atomic mass is 32.1. The summed E-state index contributed by atoms with van der Waals surface area (Å²) in [4.78, 5) is 10.8. The second-order valence-corrected chi connectivity index (χ2v) is 6.52. The van der Waals surface area contributed by atoms with Gasteiger partial charge in [-0.1, -0.05) is 6.07 Å². The highest BCUT2D eigenvalue weighted by molar-refractivity contribution is 7.13. The lowest BCUT2D eigenvalue weighted by molar-refractivity contribution is 0.912. The van der Waals surface area contributed by atoms with Gasteiger partial charge in [-0.3, -0.25) is 0 Å². The van der Waals surface area contributed by atoms with Gasteiger partial charge in [0.1, 0.15) is 0 Å². The maximum Gasteiger partial charge on any atom is 0.193 e. The van der Waals surface area contributed by atoms with Crippen molar-refractivity contribution in [2.24, 2.45) is 10.7 Å². The van der Waals surface area contributed by atoms with E-state index in [1.54, 1.807) is 11.3 Å². The molecule has 1 aliphatic carbocycles. The minimum absolute atomic E-state index is 0.428. The van der Waals surface area contributed by atoms with Gasteiger partial charge in [-0.15, -0.1) is 11.3 Å². The van der Waals surface area contributed by atoms with E-state index >= 15 is 0 Å². The third-order valence-electron chi connectivity index (χ3n) is 3.70. The van der Waals surface area contributed by atoms with Crippen molar-refractivity contribution in [1.29, 1.82) is 0 Å². The lowest BCUT2D eigenvalue weighted by atomic mass is 10.1. The first-order valence-corrected chi connectivity index (χ1v) is 8.30. The molecule has 116 valence electrons. The van der Waals surface area contributed by atoms with E-state index in [0.29, 0.717) is 12.5 Å². The number of rotatable bonds is 4. The van der Waals surface area contributed by atoms with Gasteiger partial charge in [0.15, 0.2) is 11.1 Å². The molecule has 1 heterocycles. The van der Waals surface area contributed by atoms with Crippen LogP contribution in [0.4, 0.5) is 10.8 Å². The van der Waals surface area contributed by atoms with Gasteiger partial charge in [-0.05, 0) is 42.5 Å². The molecular weight excluding hydrogens is 294 g/mol. The standard InChI is InChI=1S/C16H21N5S/c1-21(2)16-20-14(10-22-16)9-18-15(17)19-13-7-6-11-4-3-5-12(11)8-13/h6-8,10H,3-5,9H2,1-2H3,(H3,17,18,19). The van der Waals surface area contributed by atoms with E-state index in [1.807, 2.05) is 24.4 Å². The number of aromatic nitrogens is 1. The molecule has 0 radical (unpaired) electrons. The van der Waals surface area contributed by atoms with Gasteiger partial charge in [-0.2, -0.15) is 0 Å². The maximum atomic E-state index is 5.97. The Kier molecular flexibility index (Phi) is 4.29. The predicted molar refractivity (Wildman–Crippen MR) is 93.9 cm³/mol. The van der Waals surface area contributed by atoms with Crippen molar-refractivity contribution in [3.8, 4) is 0 Å². The van der Waals surface area contributed by atoms with E-state index in [2.05, 4.69) is 33.5 Å². The molecule has 2 aromatic rings. The number of guanidine groups is 1. The van der Waals surface area contributed by atoms with Crippen molar-refractivity contribution in [2.75, 3.05) is 24.3 Å². The van der Waals surface area contributed by atoms with Gasteiger partial charge in [0, 0.05) is 25.2 Å². The average Bonchev–Trinajstić information content (AvgIpc) is 3.13. The molecular formula is C16H21N5S. The van der Waals surface area contributed by atoms with Crippen LogP contribution in [0.15, 0.2) is 28.6 Å². The van der Waals surface area contributed by atoms with Crippen LogP contribution in [0.3, 0.4) is 0 Å². The number of fused-ring (bicyclic) bond motifs is 1. The predicted octanol–water partition coefficient (Wildman–Crippen LogP) is 2.62. The molecule has 3 rings (SSSR count). The van der Waals surface area contributed by atoms with Crippen molar-refractivity contribution in [1.82, 2.24) is 4.98 Å². The van der Waals surface area contributed by atoms with Gasteiger partial charge in [0.2, 0.25) is 0 Å². The third-order valence-corrected chi connectivity index (χ3v) is 4.76. The lowest BCUT2D eigenvalue weighted by Crippen LogP contribution is -2.22. The smallest absolute Gasteiger partial charge is 0.193 e. The largest absolute Gasteiger partial charge is 0.370 e. The van der Waals surface area contributed by atoms with E-state index in [0.717, 1.165) is 22.9 Å². The Bertz CT molecular complexity index is 690. The SMILES string of the molecule is CN(C)c1nc(CN=C(N)Nc2ccc3c(c2)CCC3)cs1. The first kappa shape index (κ1) is 14.8. The molecule has 0 atom stereocenters. The summed E-state index contributed by atoms with van der Waals surface area (Å²) >= 11 is 1.61. The topological polar surface area (TPSA) is 66.5 Å². The third kappa shape index (κ3) is 3.39. The molecule has 22 heavy (non-hydrogen) atoms. The van der Waals surface area contributed by atoms with Crippen LogP contribution in [0, 0.1) is 0 Å². The summed E-state index contributed by atoms with van der Waals surface area (Å²) in [5.74, 6) is 0.428. The minimum atomic E-state index is 0.428. The van der Waals surface area contributed by atoms with Gasteiger partial charge in [-0.25, -0.2) is 9.98 Å². The van der Waals surface area contributed by atoms with Crippen molar-refractivity contribution in [2.45, 2.75) is 25.8 Å². The van der Waals surface area contributed by atoms with Crippen molar-refractivity contribution in [3.05, 3.63) is 40.4 Å². The highest BCUT2D eigenvalue weighted by Gasteiger charge is 2.11. The molecule has 3 N–H and O–H groups in total. The number of benzene rings is 1. The Morgan fingerprint density at radius 3 is 2.95 bits per heavy atom. The van der Waals surface area contributed by atoms with Crippen molar-refractivity contribution >= 4 is 28.1 Å². The summed E-state index contributed by atoms with van der Waals surface area (Å²) in [6.45, 7) is 0.494. The fraction of sp³-hybridized carbons (Fsp3) is 0.375. The first-order valence-electron chi connectivity index (χ1n) is 7.42. The Morgan fingerprint density at radius 1 is 1.36 bits per heavy atom. The fourth-order valence-corrected chi connectivity index (χ4v) is 3.33. The van der Waals surface area contributed by atoms with Crippen LogP contribution >= 0.6 is 11.3 Å². The molecule has 1 aliphatic rings. The van der Waals surface area contributed by atoms with Crippen LogP contribution in [0.25, 0.3) is 0 Å². The molecule has 5 nitrogen and oxygen atoms in total. The number of aryl methyl sites for hydroxylation is 2. The Balaban J connectivity index is 1.62. The van der Waals surface area contributed by atoms with Crippen LogP contribution in [0.5, 0.6) is 0 Å². The van der Waals surface area contributed by atoms with Gasteiger partial charge < -0.3 is 16.0 Å². The number of hydrogen-bond acceptors (Lipinski definition) is 4. The monoisotopic (exact) mass is 315 g/mol. The second kappa shape index (κ2) is 6.36. The molecule has 0 fully saturated rings. The summed E-state index contributed by atoms with van der Waals surface area (Å²) in [5.41, 5.74) is 10.8. The summed E-state index contributed by atoms with van der Waals surface area (Å²) in [6, 6.07) is 6.43. The van der Waals surface area contributed by atoms with Crippen LogP contribution in [-0.4, -0.2) is 25.0 Å². The Labute approximate surface area is 134 Å². The zero-order chi connectivity index (χ0) is 15.5. The number of hydrogen-bond donors (Lipinski definition) is 2. The Hall–Kier alpha value is -2.08. The number of anilines is 2. The van der Waals surface area contributed by atoms with E-state index in [-0.39, 0.29) is 0 Å². The van der Waals surface area contributed by atoms with Crippen molar-refractivity contribution in [3.63, 3.8) is 0 Å². The van der Waals surface area contributed by atoms with E-state index in [1.165, 1.54) is 24.0 Å². The molecule has 1 aromatic carbocycles. The molecule has 0 amide bonds. The highest BCUT2D eigenvalue weighted by Crippen LogP contribution is 2.24. The van der Waals surface area contributed by atoms with Crippen LogP contribution in [-0.2, 0) is 19.4 Å². The molecule has 0 spiro atoms. The van der Waals surface area contributed by atoms with Crippen LogP contribution in [0.1, 0.15) is 23.2 Å². The van der Waals surface area contributed by atoms with E-state index in [4.69, 9.17) is 5.73 Å². The van der Waals surface area contributed by atoms with E-state index < -0.39 is 0 Å². The van der Waals surface area contributed by atoms with Crippen LogP contribution < -0.4 is 16.0 Å². The molecule has 0 aliphatic heterocycles. The lowest BCUT2D eigenvalue weighted by Gasteiger charge is -2.08. The molecule has 0 saturated carbocycles. The first-order chi connectivity index (χ1) is 10.6. The van der Waals surface area contributed by atoms with Gasteiger partial charge in [0.05, 0.1) is 12.2 Å². The summed E-state index contributed by atoms with van der Waals surface area (Å²) in [5, 5.41) is 6.16. The molecule has 6 heteroatoms. The maximum absolute atomic E-state index is 5.97. The van der Waals surface area contributed by atoms with Gasteiger partial charge >= 0.3 is 0 Å². The van der Waals surface area contributed by atoms with Gasteiger partial charge in [0.25, 0.3) is 0 Å². The summed E-state index contributed by atoms with van der Waals surface area (Å²) in [7, 11) is 3.96. The number of nitrogens with zero attached hydrogens (tertiary/aromatic N) is 3. The zero-order valence-corrected chi connectivity index (χ0v) is 13.8. The fourth-order valence-electron chi connectivity index (χ4n) is 2.58. The van der Waals surface area contributed by atoms with Crippen molar-refractivity contribution < 1.29 is 0 Å². The number of nitrogens with two attached hydrogens (primary N) is 1. The van der Waals surface area contributed by atoms with Crippen LogP contribution in [0.2, 0.25) is 0 Å². The molecule has 1 aromatic heterocycles. The average molecular weight is 315 g/mol. The summed E-state index contributed by atoms with van der Waals surface area (Å²) in [6.07, 6.45) is 3.60. The normalized spacial score (nSPS) is 14.0. The summed E-state index contributed by atoms with van der Waals surface area (Å²) < 4.78 is 0. The zero-order valence-electron chi connectivity index (χ0n) is 13.0. The number of thiazole rings is 1. The quantitative estimate of drug-likeness (QED) is 0.672. The number of aliphatic imine (C=N–C) groups is 1. The number of nitrogens with one attached hydrogen (secondary N) is 1. The molecule has 0 bridgehead atoms. The molecule has 0 unspecified atom stereocenters.